The van der Waals surface area contributed by atoms with Gasteiger partial charge in [0.1, 0.15) is 18.0 Å². The molecule has 0 spiro atoms. The van der Waals surface area contributed by atoms with E-state index < -0.39 is 0 Å². The highest BCUT2D eigenvalue weighted by Crippen LogP contribution is 2.23. The maximum absolute atomic E-state index is 13.5. The van der Waals surface area contributed by atoms with Crippen LogP contribution in [0.25, 0.3) is 16.7 Å². The average molecular weight is 337 g/mol. The Kier molecular flexibility index (Phi) is 3.64. The monoisotopic (exact) mass is 337 g/mol. The number of nitrogens with one attached hydrogen (secondary N) is 2. The summed E-state index contributed by atoms with van der Waals surface area (Å²) in [5, 5.41) is 15.6. The van der Waals surface area contributed by atoms with Crippen LogP contribution in [0.3, 0.4) is 0 Å². The Morgan fingerprint density at radius 3 is 2.88 bits per heavy atom. The summed E-state index contributed by atoms with van der Waals surface area (Å²) < 4.78 is 15.1. The van der Waals surface area contributed by atoms with Crippen molar-refractivity contribution < 1.29 is 4.39 Å². The standard InChI is InChI=1S/C17H16FN7/c1-10-14(11(2)24-23-10)7-19-16-15-8-22-25(17(15)21-9-20-16)13-5-3-4-12(18)6-13/h3-6,8-9H,7H2,1-2H3,(H,23,24)(H,19,20,21). The summed E-state index contributed by atoms with van der Waals surface area (Å²) in [6.45, 7) is 4.53. The third-order valence-electron chi connectivity index (χ3n) is 4.13. The van der Waals surface area contributed by atoms with Gasteiger partial charge in [-0.2, -0.15) is 10.2 Å². The Morgan fingerprint density at radius 2 is 2.12 bits per heavy atom. The van der Waals surface area contributed by atoms with E-state index >= 15 is 0 Å². The van der Waals surface area contributed by atoms with Gasteiger partial charge in [0, 0.05) is 17.8 Å². The number of hydrogen-bond donors (Lipinski definition) is 2. The number of hydrogen-bond acceptors (Lipinski definition) is 5. The van der Waals surface area contributed by atoms with Gasteiger partial charge in [-0.05, 0) is 32.0 Å². The number of H-pyrrole nitrogens is 1. The van der Waals surface area contributed by atoms with Gasteiger partial charge in [-0.3, -0.25) is 5.10 Å². The maximum Gasteiger partial charge on any atom is 0.168 e. The smallest absolute Gasteiger partial charge is 0.168 e. The first-order valence-corrected chi connectivity index (χ1v) is 7.82. The lowest BCUT2D eigenvalue weighted by atomic mass is 10.2. The van der Waals surface area contributed by atoms with Gasteiger partial charge in [-0.25, -0.2) is 19.0 Å². The lowest BCUT2D eigenvalue weighted by molar-refractivity contribution is 0.625. The molecule has 3 heterocycles. The molecule has 7 nitrogen and oxygen atoms in total. The number of aromatic nitrogens is 6. The van der Waals surface area contributed by atoms with Crippen molar-refractivity contribution in [1.82, 2.24) is 29.9 Å². The topological polar surface area (TPSA) is 84.3 Å². The Labute approximate surface area is 142 Å². The number of aryl methyl sites for hydroxylation is 2. The third-order valence-corrected chi connectivity index (χ3v) is 4.13. The maximum atomic E-state index is 13.5. The molecule has 0 aliphatic heterocycles. The van der Waals surface area contributed by atoms with E-state index in [4.69, 9.17) is 0 Å². The quantitative estimate of drug-likeness (QED) is 0.598. The van der Waals surface area contributed by atoms with Crippen LogP contribution in [0.2, 0.25) is 0 Å². The molecule has 0 unspecified atom stereocenters. The molecule has 0 atom stereocenters. The van der Waals surface area contributed by atoms with Crippen molar-refractivity contribution in [2.45, 2.75) is 20.4 Å². The summed E-state index contributed by atoms with van der Waals surface area (Å²) >= 11 is 0. The largest absolute Gasteiger partial charge is 0.365 e. The highest BCUT2D eigenvalue weighted by molar-refractivity contribution is 5.87. The Balaban J connectivity index is 1.70. The lowest BCUT2D eigenvalue weighted by Gasteiger charge is -2.07. The fourth-order valence-electron chi connectivity index (χ4n) is 2.79. The van der Waals surface area contributed by atoms with E-state index in [1.54, 1.807) is 23.0 Å². The van der Waals surface area contributed by atoms with Crippen LogP contribution >= 0.6 is 0 Å². The van der Waals surface area contributed by atoms with E-state index in [1.807, 2.05) is 13.8 Å². The molecule has 0 fully saturated rings. The van der Waals surface area contributed by atoms with Crippen molar-refractivity contribution in [2.75, 3.05) is 5.32 Å². The first-order valence-electron chi connectivity index (χ1n) is 7.82. The first-order chi connectivity index (χ1) is 12.1. The molecule has 0 saturated heterocycles. The van der Waals surface area contributed by atoms with Gasteiger partial charge in [0.25, 0.3) is 0 Å². The van der Waals surface area contributed by atoms with Crippen LogP contribution in [0.15, 0.2) is 36.8 Å². The number of halogens is 1. The molecule has 0 aliphatic rings. The summed E-state index contributed by atoms with van der Waals surface area (Å²) in [5.74, 6) is 0.354. The zero-order chi connectivity index (χ0) is 17.4. The normalized spacial score (nSPS) is 11.2. The fraction of sp³-hybridized carbons (Fsp3) is 0.176. The minimum Gasteiger partial charge on any atom is -0.365 e. The minimum atomic E-state index is -0.320. The van der Waals surface area contributed by atoms with Crippen LogP contribution in [0.1, 0.15) is 17.0 Å². The molecular weight excluding hydrogens is 321 g/mol. The van der Waals surface area contributed by atoms with E-state index in [9.17, 15) is 4.39 Å². The molecular formula is C17H16FN7. The van der Waals surface area contributed by atoms with E-state index in [-0.39, 0.29) is 5.82 Å². The van der Waals surface area contributed by atoms with E-state index in [2.05, 4.69) is 30.6 Å². The molecule has 0 amide bonds. The van der Waals surface area contributed by atoms with Crippen LogP contribution < -0.4 is 5.32 Å². The van der Waals surface area contributed by atoms with Crippen LogP contribution in [0, 0.1) is 19.7 Å². The Morgan fingerprint density at radius 1 is 1.24 bits per heavy atom. The fourth-order valence-corrected chi connectivity index (χ4v) is 2.79. The second-order valence-corrected chi connectivity index (χ2v) is 5.76. The van der Waals surface area contributed by atoms with Gasteiger partial charge in [0.15, 0.2) is 5.65 Å². The summed E-state index contributed by atoms with van der Waals surface area (Å²) in [7, 11) is 0. The zero-order valence-corrected chi connectivity index (χ0v) is 13.8. The Hall–Kier alpha value is -3.29. The number of aromatic amines is 1. The molecule has 2 N–H and O–H groups in total. The molecule has 0 saturated carbocycles. The second-order valence-electron chi connectivity index (χ2n) is 5.76. The second kappa shape index (κ2) is 5.97. The van der Waals surface area contributed by atoms with Crippen LogP contribution in [0.4, 0.5) is 10.2 Å². The third kappa shape index (κ3) is 2.71. The number of nitrogens with zero attached hydrogens (tertiary/aromatic N) is 5. The molecule has 8 heteroatoms. The van der Waals surface area contributed by atoms with Crippen molar-refractivity contribution in [3.8, 4) is 5.69 Å². The van der Waals surface area contributed by atoms with Gasteiger partial charge in [-0.1, -0.05) is 6.07 Å². The van der Waals surface area contributed by atoms with Gasteiger partial charge in [0.2, 0.25) is 0 Å². The Bertz CT molecular complexity index is 1030. The molecule has 1 aromatic carbocycles. The summed E-state index contributed by atoms with van der Waals surface area (Å²) in [6, 6.07) is 6.23. The number of fused-ring (bicyclic) bond motifs is 1. The van der Waals surface area contributed by atoms with Crippen molar-refractivity contribution in [2.24, 2.45) is 0 Å². The summed E-state index contributed by atoms with van der Waals surface area (Å²) in [6.07, 6.45) is 3.15. The summed E-state index contributed by atoms with van der Waals surface area (Å²) in [4.78, 5) is 8.61. The highest BCUT2D eigenvalue weighted by atomic mass is 19.1. The van der Waals surface area contributed by atoms with Gasteiger partial charge >= 0.3 is 0 Å². The molecule has 0 aliphatic carbocycles. The van der Waals surface area contributed by atoms with Crippen LogP contribution in [0.5, 0.6) is 0 Å². The zero-order valence-electron chi connectivity index (χ0n) is 13.8. The predicted octanol–water partition coefficient (Wildman–Crippen LogP) is 2.91. The SMILES string of the molecule is Cc1n[nH]c(C)c1CNc1ncnc2c1cnn2-c1cccc(F)c1. The van der Waals surface area contributed by atoms with E-state index in [0.717, 1.165) is 22.3 Å². The molecule has 3 aromatic heterocycles. The lowest BCUT2D eigenvalue weighted by Crippen LogP contribution is -2.04. The summed E-state index contributed by atoms with van der Waals surface area (Å²) in [5.41, 5.74) is 4.30. The molecule has 0 bridgehead atoms. The van der Waals surface area contributed by atoms with Gasteiger partial charge < -0.3 is 5.32 Å². The average Bonchev–Trinajstić information content (AvgIpc) is 3.17. The van der Waals surface area contributed by atoms with Gasteiger partial charge in [-0.15, -0.1) is 0 Å². The van der Waals surface area contributed by atoms with E-state index in [0.29, 0.717) is 23.7 Å². The highest BCUT2D eigenvalue weighted by Gasteiger charge is 2.13. The van der Waals surface area contributed by atoms with Crippen molar-refractivity contribution >= 4 is 16.9 Å². The van der Waals surface area contributed by atoms with Crippen molar-refractivity contribution in [1.29, 1.82) is 0 Å². The molecule has 4 rings (SSSR count). The number of rotatable bonds is 4. The molecule has 4 aromatic rings. The van der Waals surface area contributed by atoms with Crippen LogP contribution in [-0.4, -0.2) is 29.9 Å². The first kappa shape index (κ1) is 15.3. The van der Waals surface area contributed by atoms with Crippen LogP contribution in [-0.2, 0) is 6.54 Å². The number of benzene rings is 1. The van der Waals surface area contributed by atoms with Crippen molar-refractivity contribution in [3.05, 3.63) is 59.6 Å². The number of anilines is 1. The van der Waals surface area contributed by atoms with E-state index in [1.165, 1.54) is 18.5 Å². The molecule has 0 radical (unpaired) electrons. The molecule has 126 valence electrons. The van der Waals surface area contributed by atoms with Crippen molar-refractivity contribution in [3.63, 3.8) is 0 Å². The molecule has 25 heavy (non-hydrogen) atoms. The predicted molar refractivity (Wildman–Crippen MR) is 92.0 cm³/mol. The minimum absolute atomic E-state index is 0.320. The van der Waals surface area contributed by atoms with Gasteiger partial charge in [0.05, 0.1) is 23.0 Å².